The number of nitrogens with zero attached hydrogens (tertiary/aromatic N) is 2. The fraction of sp³-hybridized carbons (Fsp3) is 0.261. The molecule has 4 rings (SSSR count). The zero-order chi connectivity index (χ0) is 23.7. The molecule has 2 heterocycles. The number of aromatic nitrogens is 2. The van der Waals surface area contributed by atoms with Gasteiger partial charge in [0.25, 0.3) is 11.8 Å². The first-order valence-electron chi connectivity index (χ1n) is 10.4. The van der Waals surface area contributed by atoms with Crippen LogP contribution in [0.1, 0.15) is 44.3 Å². The molecule has 0 bridgehead atoms. The van der Waals surface area contributed by atoms with Gasteiger partial charge in [-0.1, -0.05) is 18.2 Å². The van der Waals surface area contributed by atoms with Crippen LogP contribution in [0.25, 0.3) is 11.3 Å². The maximum absolute atomic E-state index is 15.0. The molecule has 1 fully saturated rings. The third-order valence-corrected chi connectivity index (χ3v) is 5.67. The van der Waals surface area contributed by atoms with Crippen molar-refractivity contribution in [2.75, 3.05) is 18.9 Å². The molecule has 8 nitrogen and oxygen atoms in total. The molecular formula is C23H23F2N5O3. The van der Waals surface area contributed by atoms with Crippen molar-refractivity contribution >= 4 is 17.6 Å². The molecule has 1 aliphatic heterocycles. The highest BCUT2D eigenvalue weighted by Crippen LogP contribution is 2.33. The van der Waals surface area contributed by atoms with E-state index in [0.717, 1.165) is 17.7 Å². The van der Waals surface area contributed by atoms with Crippen LogP contribution in [0, 0.1) is 18.6 Å². The average molecular weight is 455 g/mol. The SMILES string of the molecule is Cc1ccccc1C(=O)NCc1cc(F)c(-c2nn(C3CCOC3)c(N)c2C(N)=O)cc1F. The number of carbonyl (C=O) groups is 2. The maximum atomic E-state index is 15.0. The number of carbonyl (C=O) groups excluding carboxylic acids is 2. The van der Waals surface area contributed by atoms with Crippen molar-refractivity contribution in [2.45, 2.75) is 25.9 Å². The van der Waals surface area contributed by atoms with E-state index < -0.39 is 23.4 Å². The lowest BCUT2D eigenvalue weighted by Gasteiger charge is -2.11. The van der Waals surface area contributed by atoms with Gasteiger partial charge in [-0.15, -0.1) is 0 Å². The van der Waals surface area contributed by atoms with E-state index in [2.05, 4.69) is 10.4 Å². The third kappa shape index (κ3) is 4.29. The van der Waals surface area contributed by atoms with Crippen LogP contribution in [-0.4, -0.2) is 34.8 Å². The highest BCUT2D eigenvalue weighted by molar-refractivity contribution is 6.03. The number of nitrogen functional groups attached to an aromatic ring is 1. The second-order valence-electron chi connectivity index (χ2n) is 7.86. The van der Waals surface area contributed by atoms with Crippen molar-refractivity contribution in [3.63, 3.8) is 0 Å². The van der Waals surface area contributed by atoms with Gasteiger partial charge in [0.2, 0.25) is 0 Å². The molecule has 33 heavy (non-hydrogen) atoms. The van der Waals surface area contributed by atoms with Gasteiger partial charge >= 0.3 is 0 Å². The molecule has 1 aromatic heterocycles. The summed E-state index contributed by atoms with van der Waals surface area (Å²) in [7, 11) is 0. The van der Waals surface area contributed by atoms with Crippen LogP contribution in [0.3, 0.4) is 0 Å². The Kier molecular flexibility index (Phi) is 6.10. The number of nitrogens with two attached hydrogens (primary N) is 2. The van der Waals surface area contributed by atoms with Gasteiger partial charge in [-0.3, -0.25) is 9.59 Å². The maximum Gasteiger partial charge on any atom is 0.254 e. The molecule has 1 unspecified atom stereocenters. The molecule has 0 saturated carbocycles. The molecule has 3 aromatic rings. The summed E-state index contributed by atoms with van der Waals surface area (Å²) in [6, 6.07) is 8.59. The van der Waals surface area contributed by atoms with E-state index in [1.165, 1.54) is 4.68 Å². The first kappa shape index (κ1) is 22.4. The zero-order valence-corrected chi connectivity index (χ0v) is 17.9. The number of benzene rings is 2. The Morgan fingerprint density at radius 3 is 2.67 bits per heavy atom. The lowest BCUT2D eigenvalue weighted by Crippen LogP contribution is -2.24. The number of anilines is 1. The zero-order valence-electron chi connectivity index (χ0n) is 17.9. The number of hydrogen-bond donors (Lipinski definition) is 3. The average Bonchev–Trinajstić information content (AvgIpc) is 3.42. The van der Waals surface area contributed by atoms with E-state index >= 15 is 4.39 Å². The number of rotatable bonds is 6. The van der Waals surface area contributed by atoms with Gasteiger partial charge in [0.15, 0.2) is 0 Å². The Bertz CT molecular complexity index is 1240. The molecule has 2 amide bonds. The minimum atomic E-state index is -0.901. The van der Waals surface area contributed by atoms with E-state index in [0.29, 0.717) is 25.2 Å². The minimum Gasteiger partial charge on any atom is -0.383 e. The van der Waals surface area contributed by atoms with Gasteiger partial charge in [-0.2, -0.15) is 5.10 Å². The summed E-state index contributed by atoms with van der Waals surface area (Å²) < 4.78 is 36.6. The molecule has 0 spiro atoms. The van der Waals surface area contributed by atoms with Crippen molar-refractivity contribution in [1.82, 2.24) is 15.1 Å². The topological polar surface area (TPSA) is 125 Å². The van der Waals surface area contributed by atoms with Crippen molar-refractivity contribution in [3.05, 3.63) is 70.3 Å². The lowest BCUT2D eigenvalue weighted by atomic mass is 10.0. The number of hydrogen-bond acceptors (Lipinski definition) is 5. The molecule has 5 N–H and O–H groups in total. The second-order valence-corrected chi connectivity index (χ2v) is 7.86. The van der Waals surface area contributed by atoms with Crippen LogP contribution in [0.5, 0.6) is 0 Å². The van der Waals surface area contributed by atoms with E-state index in [1.807, 2.05) is 0 Å². The third-order valence-electron chi connectivity index (χ3n) is 5.67. The summed E-state index contributed by atoms with van der Waals surface area (Å²) >= 11 is 0. The molecule has 1 saturated heterocycles. The lowest BCUT2D eigenvalue weighted by molar-refractivity contribution is 0.0948. The monoisotopic (exact) mass is 455 g/mol. The Morgan fingerprint density at radius 2 is 2.00 bits per heavy atom. The number of halogens is 2. The molecule has 0 radical (unpaired) electrons. The van der Waals surface area contributed by atoms with Crippen LogP contribution >= 0.6 is 0 Å². The summed E-state index contributed by atoms with van der Waals surface area (Å²) in [5, 5.41) is 6.86. The fourth-order valence-electron chi connectivity index (χ4n) is 3.88. The van der Waals surface area contributed by atoms with Gasteiger partial charge in [0, 0.05) is 29.8 Å². The van der Waals surface area contributed by atoms with Crippen LogP contribution in [0.4, 0.5) is 14.6 Å². The van der Waals surface area contributed by atoms with Crippen molar-refractivity contribution in [2.24, 2.45) is 5.73 Å². The standard InChI is InChI=1S/C23H23F2N5O3/c1-12-4-2-3-5-15(12)23(32)28-10-13-8-18(25)16(9-17(13)24)20-19(22(27)31)21(26)30(29-20)14-6-7-33-11-14/h2-5,8-9,14H,6-7,10-11,26H2,1H3,(H2,27,31)(H,28,32). The van der Waals surface area contributed by atoms with Gasteiger partial charge in [-0.25, -0.2) is 13.5 Å². The smallest absolute Gasteiger partial charge is 0.254 e. The Morgan fingerprint density at radius 1 is 1.24 bits per heavy atom. The Balaban J connectivity index is 1.64. The van der Waals surface area contributed by atoms with Crippen LogP contribution < -0.4 is 16.8 Å². The largest absolute Gasteiger partial charge is 0.383 e. The van der Waals surface area contributed by atoms with Crippen LogP contribution in [0.2, 0.25) is 0 Å². The Hall–Kier alpha value is -3.79. The first-order chi connectivity index (χ1) is 15.8. The molecule has 10 heteroatoms. The van der Waals surface area contributed by atoms with Crippen LogP contribution in [0.15, 0.2) is 36.4 Å². The molecule has 2 aromatic carbocycles. The number of nitrogens with one attached hydrogen (secondary N) is 1. The van der Waals surface area contributed by atoms with E-state index in [-0.39, 0.29) is 40.8 Å². The van der Waals surface area contributed by atoms with Crippen LogP contribution in [-0.2, 0) is 11.3 Å². The Labute approximate surface area is 188 Å². The molecule has 172 valence electrons. The minimum absolute atomic E-state index is 0.0256. The second kappa shape index (κ2) is 8.99. The number of aryl methyl sites for hydroxylation is 1. The summed E-state index contributed by atoms with van der Waals surface area (Å²) in [4.78, 5) is 24.4. The highest BCUT2D eigenvalue weighted by Gasteiger charge is 2.29. The summed E-state index contributed by atoms with van der Waals surface area (Å²) in [6.45, 7) is 2.38. The first-order valence-corrected chi connectivity index (χ1v) is 10.4. The highest BCUT2D eigenvalue weighted by atomic mass is 19.1. The summed E-state index contributed by atoms with van der Waals surface area (Å²) in [5.41, 5.74) is 12.1. The molecule has 1 aliphatic rings. The number of primary amides is 1. The normalized spacial score (nSPS) is 15.5. The molecule has 1 atom stereocenters. The predicted molar refractivity (Wildman–Crippen MR) is 117 cm³/mol. The van der Waals surface area contributed by atoms with Crippen molar-refractivity contribution < 1.29 is 23.1 Å². The van der Waals surface area contributed by atoms with Gasteiger partial charge in [0.1, 0.15) is 28.7 Å². The summed E-state index contributed by atoms with van der Waals surface area (Å²) in [6.07, 6.45) is 0.611. The van der Waals surface area contributed by atoms with Gasteiger partial charge < -0.3 is 21.5 Å². The van der Waals surface area contributed by atoms with E-state index in [1.54, 1.807) is 31.2 Å². The quantitative estimate of drug-likeness (QED) is 0.527. The molecular weight excluding hydrogens is 432 g/mol. The van der Waals surface area contributed by atoms with Gasteiger partial charge in [0.05, 0.1) is 12.6 Å². The van der Waals surface area contributed by atoms with E-state index in [9.17, 15) is 14.0 Å². The van der Waals surface area contributed by atoms with Crippen molar-refractivity contribution in [3.8, 4) is 11.3 Å². The number of ether oxygens (including phenoxy) is 1. The number of amides is 2. The summed E-state index contributed by atoms with van der Waals surface area (Å²) in [5.74, 6) is -2.93. The molecule has 0 aliphatic carbocycles. The predicted octanol–water partition coefficient (Wildman–Crippen LogP) is 2.71. The fourth-order valence-corrected chi connectivity index (χ4v) is 3.88. The van der Waals surface area contributed by atoms with Crippen molar-refractivity contribution in [1.29, 1.82) is 0 Å². The van der Waals surface area contributed by atoms with Gasteiger partial charge in [-0.05, 0) is 37.1 Å². The van der Waals surface area contributed by atoms with E-state index in [4.69, 9.17) is 16.2 Å².